The van der Waals surface area contributed by atoms with Gasteiger partial charge >= 0.3 is 0 Å². The van der Waals surface area contributed by atoms with Crippen LogP contribution in [0.15, 0.2) is 24.3 Å². The van der Waals surface area contributed by atoms with Crippen LogP contribution in [0.4, 0.5) is 0 Å². The van der Waals surface area contributed by atoms with Crippen molar-refractivity contribution < 1.29 is 0 Å². The lowest BCUT2D eigenvalue weighted by molar-refractivity contribution is 0.383. The minimum atomic E-state index is 0.335. The third kappa shape index (κ3) is 2.63. The molecule has 3 N–H and O–H groups in total. The number of hydrogen-bond acceptors (Lipinski definition) is 2. The van der Waals surface area contributed by atoms with Crippen LogP contribution in [0.3, 0.4) is 0 Å². The lowest BCUT2D eigenvalue weighted by atomic mass is 9.86. The molecule has 0 spiro atoms. The number of aromatic nitrogens is 2. The topological polar surface area (TPSA) is 54.7 Å². The van der Waals surface area contributed by atoms with Crippen LogP contribution in [0.2, 0.25) is 0 Å². The fraction of sp³-hybridized carbons (Fsp3) is 0.471. The molecule has 20 heavy (non-hydrogen) atoms. The van der Waals surface area contributed by atoms with Crippen LogP contribution in [0.1, 0.15) is 48.7 Å². The summed E-state index contributed by atoms with van der Waals surface area (Å²) in [5, 5.41) is 0. The van der Waals surface area contributed by atoms with Gasteiger partial charge < -0.3 is 10.7 Å². The second-order valence-corrected chi connectivity index (χ2v) is 6.09. The number of aryl methyl sites for hydroxylation is 2. The van der Waals surface area contributed by atoms with Crippen LogP contribution in [0, 0.1) is 13.8 Å². The Morgan fingerprint density at radius 3 is 2.60 bits per heavy atom. The van der Waals surface area contributed by atoms with Crippen LogP contribution < -0.4 is 5.73 Å². The predicted molar refractivity (Wildman–Crippen MR) is 82.7 cm³/mol. The first kappa shape index (κ1) is 13.4. The Morgan fingerprint density at radius 2 is 1.90 bits per heavy atom. The highest BCUT2D eigenvalue weighted by atomic mass is 14.9. The molecule has 0 aliphatic heterocycles. The molecule has 2 unspecified atom stereocenters. The van der Waals surface area contributed by atoms with Crippen molar-refractivity contribution in [3.8, 4) is 11.3 Å². The van der Waals surface area contributed by atoms with E-state index in [1.807, 2.05) is 0 Å². The van der Waals surface area contributed by atoms with Gasteiger partial charge in [-0.1, -0.05) is 36.2 Å². The lowest BCUT2D eigenvalue weighted by Gasteiger charge is -2.24. The van der Waals surface area contributed by atoms with Gasteiger partial charge in [-0.3, -0.25) is 0 Å². The van der Waals surface area contributed by atoms with Gasteiger partial charge in [-0.15, -0.1) is 0 Å². The molecule has 3 nitrogen and oxygen atoms in total. The fourth-order valence-corrected chi connectivity index (χ4v) is 3.15. The Morgan fingerprint density at radius 1 is 1.15 bits per heavy atom. The molecule has 0 bridgehead atoms. The minimum Gasteiger partial charge on any atom is -0.345 e. The molecule has 0 saturated heterocycles. The molecular formula is C17H23N3. The van der Waals surface area contributed by atoms with Crippen LogP contribution in [-0.2, 0) is 0 Å². The van der Waals surface area contributed by atoms with E-state index in [2.05, 4.69) is 43.1 Å². The number of hydrogen-bond donors (Lipinski definition) is 2. The monoisotopic (exact) mass is 269 g/mol. The molecule has 0 amide bonds. The van der Waals surface area contributed by atoms with E-state index in [1.54, 1.807) is 0 Å². The highest BCUT2D eigenvalue weighted by Crippen LogP contribution is 2.32. The van der Waals surface area contributed by atoms with Crippen LogP contribution >= 0.6 is 0 Å². The van der Waals surface area contributed by atoms with Crippen molar-refractivity contribution in [3.63, 3.8) is 0 Å². The maximum atomic E-state index is 6.09. The van der Waals surface area contributed by atoms with Crippen molar-refractivity contribution >= 4 is 0 Å². The van der Waals surface area contributed by atoms with E-state index in [9.17, 15) is 0 Å². The van der Waals surface area contributed by atoms with Crippen molar-refractivity contribution in [2.24, 2.45) is 5.73 Å². The Labute approximate surface area is 120 Å². The second kappa shape index (κ2) is 5.41. The molecule has 2 atom stereocenters. The number of nitrogens with one attached hydrogen (secondary N) is 1. The highest BCUT2D eigenvalue weighted by Gasteiger charge is 2.24. The average molecular weight is 269 g/mol. The Balaban J connectivity index is 1.88. The van der Waals surface area contributed by atoms with E-state index in [1.165, 1.54) is 24.0 Å². The summed E-state index contributed by atoms with van der Waals surface area (Å²) >= 11 is 0. The highest BCUT2D eigenvalue weighted by molar-refractivity contribution is 5.62. The molecule has 106 valence electrons. The van der Waals surface area contributed by atoms with Gasteiger partial charge in [0.15, 0.2) is 0 Å². The summed E-state index contributed by atoms with van der Waals surface area (Å²) in [6.45, 7) is 4.21. The van der Waals surface area contributed by atoms with Crippen molar-refractivity contribution in [2.45, 2.75) is 51.5 Å². The standard InChI is InChI=1S/C17H23N3/c1-11-6-8-13(9-7-11)16-12(2)19-17(20-16)14-4-3-5-15(18)10-14/h6-9,14-15H,3-5,10,18H2,1-2H3,(H,19,20). The first-order chi connectivity index (χ1) is 9.63. The molecule has 3 rings (SSSR count). The third-order valence-corrected chi connectivity index (χ3v) is 4.33. The van der Waals surface area contributed by atoms with Gasteiger partial charge in [0.05, 0.1) is 5.69 Å². The molecular weight excluding hydrogens is 246 g/mol. The summed E-state index contributed by atoms with van der Waals surface area (Å²) < 4.78 is 0. The molecule has 1 heterocycles. The second-order valence-electron chi connectivity index (χ2n) is 6.09. The number of nitrogens with two attached hydrogens (primary N) is 1. The van der Waals surface area contributed by atoms with Crippen molar-refractivity contribution in [1.29, 1.82) is 0 Å². The summed E-state index contributed by atoms with van der Waals surface area (Å²) in [4.78, 5) is 8.34. The zero-order valence-electron chi connectivity index (χ0n) is 12.3. The zero-order valence-corrected chi connectivity index (χ0v) is 12.3. The Hall–Kier alpha value is -1.61. The molecule has 1 aliphatic rings. The zero-order chi connectivity index (χ0) is 14.1. The van der Waals surface area contributed by atoms with E-state index in [0.717, 1.165) is 30.1 Å². The number of aromatic amines is 1. The molecule has 1 fully saturated rings. The largest absolute Gasteiger partial charge is 0.345 e. The maximum absolute atomic E-state index is 6.09. The lowest BCUT2D eigenvalue weighted by Crippen LogP contribution is -2.27. The van der Waals surface area contributed by atoms with Gasteiger partial charge in [0.2, 0.25) is 0 Å². The van der Waals surface area contributed by atoms with E-state index < -0.39 is 0 Å². The van der Waals surface area contributed by atoms with Crippen molar-refractivity contribution in [1.82, 2.24) is 9.97 Å². The van der Waals surface area contributed by atoms with E-state index in [-0.39, 0.29) is 0 Å². The number of benzene rings is 1. The van der Waals surface area contributed by atoms with Crippen LogP contribution in [0.5, 0.6) is 0 Å². The van der Waals surface area contributed by atoms with E-state index in [0.29, 0.717) is 12.0 Å². The SMILES string of the molecule is Cc1ccc(-c2nc(C3CCCC(N)C3)[nH]c2C)cc1. The van der Waals surface area contributed by atoms with Gasteiger partial charge in [-0.2, -0.15) is 0 Å². The number of nitrogens with zero attached hydrogens (tertiary/aromatic N) is 1. The first-order valence-electron chi connectivity index (χ1n) is 7.52. The van der Waals surface area contributed by atoms with Crippen molar-refractivity contribution in [2.75, 3.05) is 0 Å². The summed E-state index contributed by atoms with van der Waals surface area (Å²) in [6.07, 6.45) is 4.63. The van der Waals surface area contributed by atoms with E-state index in [4.69, 9.17) is 10.7 Å². The number of H-pyrrole nitrogens is 1. The normalized spacial score (nSPS) is 22.9. The maximum Gasteiger partial charge on any atom is 0.110 e. The van der Waals surface area contributed by atoms with Gasteiger partial charge in [-0.25, -0.2) is 4.98 Å². The summed E-state index contributed by atoms with van der Waals surface area (Å²) in [6, 6.07) is 8.91. The van der Waals surface area contributed by atoms with Crippen molar-refractivity contribution in [3.05, 3.63) is 41.3 Å². The Kier molecular flexibility index (Phi) is 3.62. The molecule has 1 aliphatic carbocycles. The van der Waals surface area contributed by atoms with Gasteiger partial charge in [-0.05, 0) is 33.1 Å². The summed E-state index contributed by atoms with van der Waals surface area (Å²) in [5.41, 5.74) is 10.8. The number of imidazole rings is 1. The molecule has 1 aromatic carbocycles. The van der Waals surface area contributed by atoms with Gasteiger partial charge in [0, 0.05) is 23.2 Å². The minimum absolute atomic E-state index is 0.335. The molecule has 2 aromatic rings. The van der Waals surface area contributed by atoms with Gasteiger partial charge in [0.1, 0.15) is 5.82 Å². The van der Waals surface area contributed by atoms with Crippen LogP contribution in [-0.4, -0.2) is 16.0 Å². The smallest absolute Gasteiger partial charge is 0.110 e. The molecule has 3 heteroatoms. The summed E-state index contributed by atoms with van der Waals surface area (Å²) in [7, 11) is 0. The van der Waals surface area contributed by atoms with E-state index >= 15 is 0 Å². The van der Waals surface area contributed by atoms with Crippen LogP contribution in [0.25, 0.3) is 11.3 Å². The predicted octanol–water partition coefficient (Wildman–Crippen LogP) is 3.68. The van der Waals surface area contributed by atoms with Gasteiger partial charge in [0.25, 0.3) is 0 Å². The molecule has 1 aromatic heterocycles. The fourth-order valence-electron chi connectivity index (χ4n) is 3.15. The molecule has 1 saturated carbocycles. The number of rotatable bonds is 2. The Bertz CT molecular complexity index is 583. The summed E-state index contributed by atoms with van der Waals surface area (Å²) in [5.74, 6) is 1.62. The first-order valence-corrected chi connectivity index (χ1v) is 7.52. The average Bonchev–Trinajstić information content (AvgIpc) is 2.82. The molecule has 0 radical (unpaired) electrons. The quantitative estimate of drug-likeness (QED) is 0.873. The third-order valence-electron chi connectivity index (χ3n) is 4.33.